The van der Waals surface area contributed by atoms with Crippen LogP contribution in [-0.4, -0.2) is 24.7 Å². The topological polar surface area (TPSA) is 34.2 Å². The zero-order valence-corrected chi connectivity index (χ0v) is 12.6. The van der Waals surface area contributed by atoms with E-state index in [-0.39, 0.29) is 0 Å². The molecule has 1 aromatic heterocycles. The van der Waals surface area contributed by atoms with Crippen molar-refractivity contribution in [1.82, 2.24) is 10.3 Å². The lowest BCUT2D eigenvalue weighted by atomic mass is 9.96. The third-order valence-corrected chi connectivity index (χ3v) is 4.08. The summed E-state index contributed by atoms with van der Waals surface area (Å²) in [5.74, 6) is 1.66. The standard InChI is InChI=1S/C16H26N2O/c1-5-13(10-17-14-6-7-14)8-15-12(3)16(19-4)11(2)9-18-15/h9,13-14,17H,5-8,10H2,1-4H3. The molecule has 3 heteroatoms. The van der Waals surface area contributed by atoms with Crippen molar-refractivity contribution in [3.8, 4) is 5.75 Å². The number of nitrogens with zero attached hydrogens (tertiary/aromatic N) is 1. The molecule has 1 aromatic rings. The number of aryl methyl sites for hydroxylation is 1. The molecule has 0 bridgehead atoms. The minimum absolute atomic E-state index is 0.666. The monoisotopic (exact) mass is 262 g/mol. The van der Waals surface area contributed by atoms with Gasteiger partial charge in [0.2, 0.25) is 0 Å². The molecule has 0 aliphatic heterocycles. The van der Waals surface area contributed by atoms with E-state index < -0.39 is 0 Å². The second kappa shape index (κ2) is 6.38. The van der Waals surface area contributed by atoms with E-state index in [1.807, 2.05) is 6.20 Å². The van der Waals surface area contributed by atoms with Crippen molar-refractivity contribution >= 4 is 0 Å². The molecule has 1 aliphatic carbocycles. The molecule has 1 saturated carbocycles. The molecule has 1 atom stereocenters. The Labute approximate surface area is 116 Å². The largest absolute Gasteiger partial charge is 0.496 e. The molecule has 1 fully saturated rings. The Morgan fingerprint density at radius 2 is 2.16 bits per heavy atom. The van der Waals surface area contributed by atoms with Crippen LogP contribution in [0, 0.1) is 19.8 Å². The van der Waals surface area contributed by atoms with Crippen LogP contribution in [0.1, 0.15) is 43.0 Å². The molecule has 2 rings (SSSR count). The van der Waals surface area contributed by atoms with Crippen LogP contribution >= 0.6 is 0 Å². The van der Waals surface area contributed by atoms with Crippen molar-refractivity contribution in [3.05, 3.63) is 23.0 Å². The van der Waals surface area contributed by atoms with Gasteiger partial charge in [-0.05, 0) is 45.6 Å². The summed E-state index contributed by atoms with van der Waals surface area (Å²) in [6.45, 7) is 7.54. The predicted molar refractivity (Wildman–Crippen MR) is 78.8 cm³/mol. The van der Waals surface area contributed by atoms with Crippen LogP contribution in [0.3, 0.4) is 0 Å². The SMILES string of the molecule is CCC(CNC1CC1)Cc1ncc(C)c(OC)c1C. The lowest BCUT2D eigenvalue weighted by Crippen LogP contribution is -2.26. The number of rotatable bonds is 7. The number of aromatic nitrogens is 1. The van der Waals surface area contributed by atoms with Crippen LogP contribution < -0.4 is 10.1 Å². The van der Waals surface area contributed by atoms with E-state index in [0.717, 1.165) is 30.3 Å². The first-order valence-corrected chi connectivity index (χ1v) is 7.38. The van der Waals surface area contributed by atoms with Crippen molar-refractivity contribution in [2.45, 2.75) is 52.5 Å². The maximum Gasteiger partial charge on any atom is 0.128 e. The van der Waals surface area contributed by atoms with Gasteiger partial charge in [-0.15, -0.1) is 0 Å². The maximum absolute atomic E-state index is 5.48. The van der Waals surface area contributed by atoms with Gasteiger partial charge >= 0.3 is 0 Å². The second-order valence-electron chi connectivity index (χ2n) is 5.71. The van der Waals surface area contributed by atoms with Gasteiger partial charge in [0, 0.05) is 29.1 Å². The average molecular weight is 262 g/mol. The van der Waals surface area contributed by atoms with Gasteiger partial charge < -0.3 is 10.1 Å². The molecular formula is C16H26N2O. The van der Waals surface area contributed by atoms with Crippen LogP contribution in [0.4, 0.5) is 0 Å². The quantitative estimate of drug-likeness (QED) is 0.820. The van der Waals surface area contributed by atoms with Crippen LogP contribution in [-0.2, 0) is 6.42 Å². The Balaban J connectivity index is 2.03. The third-order valence-electron chi connectivity index (χ3n) is 4.08. The van der Waals surface area contributed by atoms with Crippen LogP contribution in [0.5, 0.6) is 5.75 Å². The lowest BCUT2D eigenvalue weighted by Gasteiger charge is -2.18. The fourth-order valence-corrected chi connectivity index (χ4v) is 2.53. The molecule has 106 valence electrons. The van der Waals surface area contributed by atoms with E-state index in [9.17, 15) is 0 Å². The molecule has 3 nitrogen and oxygen atoms in total. The molecule has 1 aliphatic rings. The maximum atomic E-state index is 5.48. The molecule has 0 spiro atoms. The molecule has 0 radical (unpaired) electrons. The van der Waals surface area contributed by atoms with Crippen molar-refractivity contribution in [2.75, 3.05) is 13.7 Å². The Kier molecular flexibility index (Phi) is 4.81. The highest BCUT2D eigenvalue weighted by Gasteiger charge is 2.22. The Hall–Kier alpha value is -1.09. The smallest absolute Gasteiger partial charge is 0.128 e. The van der Waals surface area contributed by atoms with Gasteiger partial charge in [0.1, 0.15) is 5.75 Å². The first kappa shape index (κ1) is 14.3. The molecular weight excluding hydrogens is 236 g/mol. The number of hydrogen-bond donors (Lipinski definition) is 1. The molecule has 0 saturated heterocycles. The minimum atomic E-state index is 0.666. The van der Waals surface area contributed by atoms with Crippen LogP contribution in [0.2, 0.25) is 0 Å². The Morgan fingerprint density at radius 1 is 1.42 bits per heavy atom. The van der Waals surface area contributed by atoms with Gasteiger partial charge in [0.05, 0.1) is 7.11 Å². The second-order valence-corrected chi connectivity index (χ2v) is 5.71. The highest BCUT2D eigenvalue weighted by atomic mass is 16.5. The van der Waals surface area contributed by atoms with Gasteiger partial charge in [-0.2, -0.15) is 0 Å². The highest BCUT2D eigenvalue weighted by Crippen LogP contribution is 2.26. The van der Waals surface area contributed by atoms with E-state index in [1.165, 1.54) is 30.5 Å². The van der Waals surface area contributed by atoms with Gasteiger partial charge in [-0.3, -0.25) is 4.98 Å². The Morgan fingerprint density at radius 3 is 2.74 bits per heavy atom. The fraction of sp³-hybridized carbons (Fsp3) is 0.688. The zero-order valence-electron chi connectivity index (χ0n) is 12.6. The summed E-state index contributed by atoms with van der Waals surface area (Å²) in [5.41, 5.74) is 3.51. The van der Waals surface area contributed by atoms with Gasteiger partial charge in [0.15, 0.2) is 0 Å². The normalized spacial score (nSPS) is 16.4. The van der Waals surface area contributed by atoms with Crippen molar-refractivity contribution in [3.63, 3.8) is 0 Å². The number of methoxy groups -OCH3 is 1. The van der Waals surface area contributed by atoms with Gasteiger partial charge in [0.25, 0.3) is 0 Å². The highest BCUT2D eigenvalue weighted by molar-refractivity contribution is 5.41. The van der Waals surface area contributed by atoms with E-state index in [2.05, 4.69) is 31.1 Å². The summed E-state index contributed by atoms with van der Waals surface area (Å²) >= 11 is 0. The van der Waals surface area contributed by atoms with E-state index in [4.69, 9.17) is 4.74 Å². The fourth-order valence-electron chi connectivity index (χ4n) is 2.53. The van der Waals surface area contributed by atoms with E-state index in [0.29, 0.717) is 5.92 Å². The van der Waals surface area contributed by atoms with E-state index >= 15 is 0 Å². The summed E-state index contributed by atoms with van der Waals surface area (Å²) in [7, 11) is 1.74. The molecule has 1 N–H and O–H groups in total. The summed E-state index contributed by atoms with van der Waals surface area (Å²) in [6, 6.07) is 0.788. The molecule has 1 heterocycles. The molecule has 1 unspecified atom stereocenters. The van der Waals surface area contributed by atoms with Crippen molar-refractivity contribution in [2.24, 2.45) is 5.92 Å². The molecule has 0 amide bonds. The number of ether oxygens (including phenoxy) is 1. The Bertz CT molecular complexity index is 427. The number of hydrogen-bond acceptors (Lipinski definition) is 3. The summed E-state index contributed by atoms with van der Waals surface area (Å²) in [4.78, 5) is 4.61. The molecule has 0 aromatic carbocycles. The number of nitrogens with one attached hydrogen (secondary N) is 1. The number of pyridine rings is 1. The van der Waals surface area contributed by atoms with Crippen LogP contribution in [0.25, 0.3) is 0 Å². The predicted octanol–water partition coefficient (Wildman–Crippen LogP) is 3.03. The van der Waals surface area contributed by atoms with Crippen molar-refractivity contribution < 1.29 is 4.74 Å². The van der Waals surface area contributed by atoms with Crippen LogP contribution in [0.15, 0.2) is 6.20 Å². The molecule has 19 heavy (non-hydrogen) atoms. The van der Waals surface area contributed by atoms with Gasteiger partial charge in [-0.1, -0.05) is 13.3 Å². The third kappa shape index (κ3) is 3.69. The van der Waals surface area contributed by atoms with E-state index in [1.54, 1.807) is 7.11 Å². The first-order chi connectivity index (χ1) is 9.15. The summed E-state index contributed by atoms with van der Waals surface area (Å²) in [6.07, 6.45) is 6.87. The van der Waals surface area contributed by atoms with Gasteiger partial charge in [-0.25, -0.2) is 0 Å². The zero-order chi connectivity index (χ0) is 13.8. The summed E-state index contributed by atoms with van der Waals surface area (Å²) < 4.78 is 5.48. The first-order valence-electron chi connectivity index (χ1n) is 7.38. The minimum Gasteiger partial charge on any atom is -0.496 e. The summed E-state index contributed by atoms with van der Waals surface area (Å²) in [5, 5.41) is 3.63. The average Bonchev–Trinajstić information content (AvgIpc) is 3.21. The lowest BCUT2D eigenvalue weighted by molar-refractivity contribution is 0.404. The van der Waals surface area contributed by atoms with Crippen molar-refractivity contribution in [1.29, 1.82) is 0 Å².